The van der Waals surface area contributed by atoms with E-state index in [2.05, 4.69) is 16.0 Å². The molecule has 26 heavy (non-hydrogen) atoms. The molecule has 3 atom stereocenters. The molecule has 0 aliphatic heterocycles. The SMILES string of the molecule is CC(NC(=O)OC(C)(C)C)C(=O)NC(C)C(=O)NC(CC(N)=O)C(=O)O. The smallest absolute Gasteiger partial charge is 0.408 e. The van der Waals surface area contributed by atoms with Crippen molar-refractivity contribution in [3.63, 3.8) is 0 Å². The van der Waals surface area contributed by atoms with Crippen molar-refractivity contribution in [2.24, 2.45) is 5.73 Å². The highest BCUT2D eigenvalue weighted by molar-refractivity contribution is 5.93. The summed E-state index contributed by atoms with van der Waals surface area (Å²) >= 11 is 0. The van der Waals surface area contributed by atoms with Crippen LogP contribution in [0.3, 0.4) is 0 Å². The minimum atomic E-state index is -1.50. The largest absolute Gasteiger partial charge is 0.480 e. The summed E-state index contributed by atoms with van der Waals surface area (Å²) in [5.41, 5.74) is 4.18. The summed E-state index contributed by atoms with van der Waals surface area (Å²) in [6.45, 7) is 7.69. The van der Waals surface area contributed by atoms with Crippen molar-refractivity contribution in [1.82, 2.24) is 16.0 Å². The van der Waals surface area contributed by atoms with E-state index in [-0.39, 0.29) is 0 Å². The van der Waals surface area contributed by atoms with Gasteiger partial charge in [-0.05, 0) is 34.6 Å². The van der Waals surface area contributed by atoms with Gasteiger partial charge in [0.25, 0.3) is 0 Å². The first kappa shape index (κ1) is 23.1. The molecule has 6 N–H and O–H groups in total. The predicted octanol–water partition coefficient (Wildman–Crippen LogP) is -1.15. The highest BCUT2D eigenvalue weighted by Crippen LogP contribution is 2.06. The average Bonchev–Trinajstić information content (AvgIpc) is 2.43. The highest BCUT2D eigenvalue weighted by atomic mass is 16.6. The molecule has 0 radical (unpaired) electrons. The maximum atomic E-state index is 12.0. The van der Waals surface area contributed by atoms with Crippen LogP contribution in [-0.2, 0) is 23.9 Å². The maximum absolute atomic E-state index is 12.0. The van der Waals surface area contributed by atoms with Gasteiger partial charge >= 0.3 is 12.1 Å². The molecule has 0 aliphatic carbocycles. The summed E-state index contributed by atoms with van der Waals surface area (Å²) in [6.07, 6.45) is -1.39. The van der Waals surface area contributed by atoms with Crippen molar-refractivity contribution < 1.29 is 33.8 Å². The maximum Gasteiger partial charge on any atom is 0.408 e. The van der Waals surface area contributed by atoms with E-state index in [0.717, 1.165) is 0 Å². The second-order valence-electron chi connectivity index (χ2n) is 6.67. The number of hydrogen-bond donors (Lipinski definition) is 5. The Hall–Kier alpha value is -2.85. The van der Waals surface area contributed by atoms with Crippen molar-refractivity contribution in [1.29, 1.82) is 0 Å². The first-order chi connectivity index (χ1) is 11.7. The molecule has 0 heterocycles. The second kappa shape index (κ2) is 9.59. The molecule has 0 aromatic rings. The normalized spacial score (nSPS) is 14.3. The fraction of sp³-hybridized carbons (Fsp3) is 0.667. The second-order valence-corrected chi connectivity index (χ2v) is 6.67. The van der Waals surface area contributed by atoms with E-state index in [1.165, 1.54) is 13.8 Å². The number of nitrogens with two attached hydrogens (primary N) is 1. The Labute approximate surface area is 151 Å². The van der Waals surface area contributed by atoms with Gasteiger partial charge in [-0.2, -0.15) is 0 Å². The van der Waals surface area contributed by atoms with Crippen LogP contribution in [0.2, 0.25) is 0 Å². The number of aliphatic carboxylic acids is 1. The Morgan fingerprint density at radius 2 is 1.42 bits per heavy atom. The molecule has 11 nitrogen and oxygen atoms in total. The number of ether oxygens (including phenoxy) is 1. The monoisotopic (exact) mass is 374 g/mol. The molecule has 0 bridgehead atoms. The zero-order chi connectivity index (χ0) is 20.7. The number of carbonyl (C=O) groups is 5. The summed E-state index contributed by atoms with van der Waals surface area (Å²) in [5.74, 6) is -3.84. The van der Waals surface area contributed by atoms with E-state index in [0.29, 0.717) is 0 Å². The molecule has 0 saturated carbocycles. The van der Waals surface area contributed by atoms with Gasteiger partial charge in [-0.1, -0.05) is 0 Å². The molecule has 148 valence electrons. The van der Waals surface area contributed by atoms with Gasteiger partial charge < -0.3 is 31.5 Å². The van der Waals surface area contributed by atoms with E-state index in [4.69, 9.17) is 15.6 Å². The average molecular weight is 374 g/mol. The lowest BCUT2D eigenvalue weighted by molar-refractivity contribution is -0.143. The van der Waals surface area contributed by atoms with Gasteiger partial charge in [0.2, 0.25) is 17.7 Å². The third-order valence-electron chi connectivity index (χ3n) is 2.90. The minimum Gasteiger partial charge on any atom is -0.480 e. The third kappa shape index (κ3) is 9.45. The van der Waals surface area contributed by atoms with Crippen LogP contribution in [0.4, 0.5) is 4.79 Å². The molecule has 0 fully saturated rings. The zero-order valence-corrected chi connectivity index (χ0v) is 15.4. The molecular formula is C15H26N4O7. The van der Waals surface area contributed by atoms with Crippen LogP contribution >= 0.6 is 0 Å². The number of carboxylic acids is 1. The molecule has 0 spiro atoms. The summed E-state index contributed by atoms with van der Waals surface area (Å²) in [5, 5.41) is 15.7. The zero-order valence-electron chi connectivity index (χ0n) is 15.4. The quantitative estimate of drug-likeness (QED) is 0.356. The number of hydrogen-bond acceptors (Lipinski definition) is 6. The predicted molar refractivity (Wildman–Crippen MR) is 89.8 cm³/mol. The van der Waals surface area contributed by atoms with Crippen LogP contribution in [0.25, 0.3) is 0 Å². The Morgan fingerprint density at radius 1 is 0.962 bits per heavy atom. The van der Waals surface area contributed by atoms with Crippen molar-refractivity contribution in [2.75, 3.05) is 0 Å². The number of nitrogens with one attached hydrogen (secondary N) is 3. The van der Waals surface area contributed by atoms with Crippen LogP contribution in [0.15, 0.2) is 0 Å². The fourth-order valence-electron chi connectivity index (χ4n) is 1.65. The summed E-state index contributed by atoms with van der Waals surface area (Å²) in [4.78, 5) is 57.4. The third-order valence-corrected chi connectivity index (χ3v) is 2.90. The lowest BCUT2D eigenvalue weighted by Crippen LogP contribution is -2.54. The van der Waals surface area contributed by atoms with Gasteiger partial charge in [0.1, 0.15) is 23.7 Å². The number of alkyl carbamates (subject to hydrolysis) is 1. The standard InChI is InChI=1S/C15H26N4O7/c1-7(12(22)19-9(13(23)24)6-10(16)20)17-11(21)8(2)18-14(25)26-15(3,4)5/h7-9H,6H2,1-5H3,(H2,16,20)(H,17,21)(H,18,25)(H,19,22)(H,23,24). The van der Waals surface area contributed by atoms with Gasteiger partial charge in [-0.3, -0.25) is 14.4 Å². The molecule has 0 aliphatic rings. The Bertz CT molecular complexity index is 571. The number of primary amides is 1. The minimum absolute atomic E-state index is 0.585. The van der Waals surface area contributed by atoms with E-state index in [1.54, 1.807) is 20.8 Å². The number of carboxylic acid groups (broad SMARTS) is 1. The van der Waals surface area contributed by atoms with Crippen LogP contribution in [-0.4, -0.2) is 58.6 Å². The van der Waals surface area contributed by atoms with Crippen LogP contribution in [0.5, 0.6) is 0 Å². The van der Waals surface area contributed by atoms with E-state index >= 15 is 0 Å². The lowest BCUT2D eigenvalue weighted by atomic mass is 10.1. The number of amides is 4. The Morgan fingerprint density at radius 3 is 1.85 bits per heavy atom. The highest BCUT2D eigenvalue weighted by Gasteiger charge is 2.27. The molecular weight excluding hydrogens is 348 g/mol. The van der Waals surface area contributed by atoms with Crippen molar-refractivity contribution in [3.05, 3.63) is 0 Å². The van der Waals surface area contributed by atoms with Gasteiger partial charge in [0.05, 0.1) is 6.42 Å². The van der Waals surface area contributed by atoms with Crippen molar-refractivity contribution >= 4 is 29.8 Å². The van der Waals surface area contributed by atoms with Gasteiger partial charge in [0.15, 0.2) is 0 Å². The van der Waals surface area contributed by atoms with Crippen LogP contribution < -0.4 is 21.7 Å². The van der Waals surface area contributed by atoms with Crippen LogP contribution in [0, 0.1) is 0 Å². The first-order valence-corrected chi connectivity index (χ1v) is 7.84. The molecule has 0 aromatic heterocycles. The lowest BCUT2D eigenvalue weighted by Gasteiger charge is -2.23. The summed E-state index contributed by atoms with van der Waals surface area (Å²) < 4.78 is 5.01. The topological polar surface area (TPSA) is 177 Å². The summed E-state index contributed by atoms with van der Waals surface area (Å²) in [7, 11) is 0. The summed E-state index contributed by atoms with van der Waals surface area (Å²) in [6, 6.07) is -3.61. The van der Waals surface area contributed by atoms with Crippen LogP contribution in [0.1, 0.15) is 41.0 Å². The van der Waals surface area contributed by atoms with Crippen molar-refractivity contribution in [2.45, 2.75) is 64.8 Å². The number of carbonyl (C=O) groups excluding carboxylic acids is 4. The molecule has 0 aromatic carbocycles. The first-order valence-electron chi connectivity index (χ1n) is 7.84. The molecule has 0 rings (SSSR count). The Kier molecular flexibility index (Phi) is 8.54. The van der Waals surface area contributed by atoms with E-state index < -0.39 is 59.9 Å². The number of rotatable bonds is 8. The molecule has 0 saturated heterocycles. The molecule has 11 heteroatoms. The van der Waals surface area contributed by atoms with E-state index in [9.17, 15) is 24.0 Å². The Balaban J connectivity index is 4.63. The molecule has 4 amide bonds. The van der Waals surface area contributed by atoms with Gasteiger partial charge in [-0.25, -0.2) is 9.59 Å². The van der Waals surface area contributed by atoms with E-state index in [1.807, 2.05) is 0 Å². The van der Waals surface area contributed by atoms with Gasteiger partial charge in [0, 0.05) is 0 Å². The fourth-order valence-corrected chi connectivity index (χ4v) is 1.65. The van der Waals surface area contributed by atoms with Crippen molar-refractivity contribution in [3.8, 4) is 0 Å². The van der Waals surface area contributed by atoms with Gasteiger partial charge in [-0.15, -0.1) is 0 Å². The molecule has 3 unspecified atom stereocenters.